The smallest absolute Gasteiger partial charge is 0.229 e. The molecule has 0 bridgehead atoms. The van der Waals surface area contributed by atoms with Gasteiger partial charge in [-0.15, -0.1) is 0 Å². The van der Waals surface area contributed by atoms with Crippen LogP contribution in [0.15, 0.2) is 42.5 Å². The van der Waals surface area contributed by atoms with E-state index in [1.807, 2.05) is 49.4 Å². The van der Waals surface area contributed by atoms with Crippen molar-refractivity contribution in [3.63, 3.8) is 0 Å². The van der Waals surface area contributed by atoms with Crippen molar-refractivity contribution in [1.82, 2.24) is 0 Å². The zero-order chi connectivity index (χ0) is 18.7. The van der Waals surface area contributed by atoms with Gasteiger partial charge in [-0.2, -0.15) is 0 Å². The quantitative estimate of drug-likeness (QED) is 0.882. The van der Waals surface area contributed by atoms with E-state index in [9.17, 15) is 9.59 Å². The van der Waals surface area contributed by atoms with Gasteiger partial charge in [-0.3, -0.25) is 9.59 Å². The van der Waals surface area contributed by atoms with Gasteiger partial charge in [-0.25, -0.2) is 0 Å². The second-order valence-corrected chi connectivity index (χ2v) is 6.89. The van der Waals surface area contributed by atoms with E-state index < -0.39 is 0 Å². The van der Waals surface area contributed by atoms with Gasteiger partial charge >= 0.3 is 0 Å². The number of rotatable bonds is 5. The minimum atomic E-state index is -0.321. The molecule has 4 heteroatoms. The molecular weight excluding hydrogens is 324 g/mol. The van der Waals surface area contributed by atoms with Crippen molar-refractivity contribution in [2.45, 2.75) is 40.0 Å². The molecule has 1 aliphatic rings. The highest BCUT2D eigenvalue weighted by Crippen LogP contribution is 2.28. The maximum absolute atomic E-state index is 12.8. The van der Waals surface area contributed by atoms with Crippen LogP contribution in [0.3, 0.4) is 0 Å². The van der Waals surface area contributed by atoms with Crippen molar-refractivity contribution in [2.24, 2.45) is 5.92 Å². The van der Waals surface area contributed by atoms with Crippen LogP contribution in [-0.4, -0.2) is 18.4 Å². The summed E-state index contributed by atoms with van der Waals surface area (Å²) in [5.41, 5.74) is 5.20. The SMILES string of the molecule is CCc1cccc(CC)c1NC(=O)[C@@H]1CC(=O)N(c2ccc(C)cc2)C1. The molecule has 4 nitrogen and oxygen atoms in total. The van der Waals surface area contributed by atoms with E-state index in [0.717, 1.165) is 40.9 Å². The highest BCUT2D eigenvalue weighted by Gasteiger charge is 2.35. The van der Waals surface area contributed by atoms with Gasteiger partial charge in [0.2, 0.25) is 11.8 Å². The van der Waals surface area contributed by atoms with Gasteiger partial charge in [-0.1, -0.05) is 49.7 Å². The average Bonchev–Trinajstić information content (AvgIpc) is 3.04. The molecule has 0 saturated carbocycles. The summed E-state index contributed by atoms with van der Waals surface area (Å²) >= 11 is 0. The number of nitrogens with one attached hydrogen (secondary N) is 1. The Morgan fingerprint density at radius 3 is 2.27 bits per heavy atom. The molecule has 26 heavy (non-hydrogen) atoms. The van der Waals surface area contributed by atoms with Crippen LogP contribution >= 0.6 is 0 Å². The Hall–Kier alpha value is -2.62. The summed E-state index contributed by atoms with van der Waals surface area (Å²) in [6, 6.07) is 14.0. The third kappa shape index (κ3) is 3.64. The summed E-state index contributed by atoms with van der Waals surface area (Å²) in [7, 11) is 0. The molecule has 1 atom stereocenters. The van der Waals surface area contributed by atoms with Crippen LogP contribution in [0.5, 0.6) is 0 Å². The van der Waals surface area contributed by atoms with Gasteiger partial charge in [0.05, 0.1) is 5.92 Å². The van der Waals surface area contributed by atoms with E-state index in [4.69, 9.17) is 0 Å². The zero-order valence-electron chi connectivity index (χ0n) is 15.7. The Morgan fingerprint density at radius 2 is 1.69 bits per heavy atom. The fraction of sp³-hybridized carbons (Fsp3) is 0.364. The number of nitrogens with zero attached hydrogens (tertiary/aromatic N) is 1. The van der Waals surface area contributed by atoms with Gasteiger partial charge in [0.1, 0.15) is 0 Å². The van der Waals surface area contributed by atoms with E-state index >= 15 is 0 Å². The Balaban J connectivity index is 1.76. The summed E-state index contributed by atoms with van der Waals surface area (Å²) in [4.78, 5) is 27.0. The molecule has 0 spiro atoms. The van der Waals surface area contributed by atoms with Crippen LogP contribution in [0.2, 0.25) is 0 Å². The van der Waals surface area contributed by atoms with Crippen LogP contribution in [0, 0.1) is 12.8 Å². The number of hydrogen-bond donors (Lipinski definition) is 1. The number of carbonyl (C=O) groups excluding carboxylic acids is 2. The third-order valence-electron chi connectivity index (χ3n) is 5.09. The summed E-state index contributed by atoms with van der Waals surface area (Å²) < 4.78 is 0. The topological polar surface area (TPSA) is 49.4 Å². The highest BCUT2D eigenvalue weighted by molar-refractivity contribution is 6.04. The largest absolute Gasteiger partial charge is 0.325 e. The molecule has 136 valence electrons. The number of para-hydroxylation sites is 1. The van der Waals surface area contributed by atoms with Crippen molar-refractivity contribution in [3.05, 3.63) is 59.2 Å². The zero-order valence-corrected chi connectivity index (χ0v) is 15.7. The van der Waals surface area contributed by atoms with Crippen molar-refractivity contribution in [2.75, 3.05) is 16.8 Å². The van der Waals surface area contributed by atoms with Crippen molar-refractivity contribution >= 4 is 23.2 Å². The first-order valence-electron chi connectivity index (χ1n) is 9.32. The Bertz CT molecular complexity index is 789. The Morgan fingerprint density at radius 1 is 1.08 bits per heavy atom. The van der Waals surface area contributed by atoms with Gasteiger partial charge < -0.3 is 10.2 Å². The molecule has 1 fully saturated rings. The molecule has 0 unspecified atom stereocenters. The Labute approximate surface area is 155 Å². The second kappa shape index (κ2) is 7.73. The van der Waals surface area contributed by atoms with Crippen molar-refractivity contribution in [3.8, 4) is 0 Å². The molecule has 0 radical (unpaired) electrons. The lowest BCUT2D eigenvalue weighted by Gasteiger charge is -2.18. The van der Waals surface area contributed by atoms with Crippen molar-refractivity contribution < 1.29 is 9.59 Å². The van der Waals surface area contributed by atoms with E-state index in [1.165, 1.54) is 0 Å². The molecule has 2 amide bonds. The van der Waals surface area contributed by atoms with Crippen LogP contribution in [0.1, 0.15) is 37.0 Å². The first-order chi connectivity index (χ1) is 12.5. The maximum Gasteiger partial charge on any atom is 0.229 e. The van der Waals surface area contributed by atoms with Gasteiger partial charge in [0.25, 0.3) is 0 Å². The van der Waals surface area contributed by atoms with E-state index in [-0.39, 0.29) is 24.2 Å². The first kappa shape index (κ1) is 18.2. The molecule has 1 N–H and O–H groups in total. The fourth-order valence-electron chi connectivity index (χ4n) is 3.49. The lowest BCUT2D eigenvalue weighted by atomic mass is 10.0. The number of amides is 2. The van der Waals surface area contributed by atoms with Crippen LogP contribution in [0.4, 0.5) is 11.4 Å². The van der Waals surface area contributed by atoms with Gasteiger partial charge in [0, 0.05) is 24.3 Å². The van der Waals surface area contributed by atoms with Crippen LogP contribution in [-0.2, 0) is 22.4 Å². The van der Waals surface area contributed by atoms with Gasteiger partial charge in [0.15, 0.2) is 0 Å². The lowest BCUT2D eigenvalue weighted by molar-refractivity contribution is -0.122. The molecule has 2 aromatic carbocycles. The molecule has 1 aliphatic heterocycles. The first-order valence-corrected chi connectivity index (χ1v) is 9.32. The van der Waals surface area contributed by atoms with E-state index in [1.54, 1.807) is 4.90 Å². The minimum Gasteiger partial charge on any atom is -0.325 e. The number of aryl methyl sites for hydroxylation is 3. The van der Waals surface area contributed by atoms with E-state index in [0.29, 0.717) is 6.54 Å². The number of anilines is 2. The molecular formula is C22H26N2O2. The standard InChI is InChI=1S/C22H26N2O2/c1-4-16-7-6-8-17(5-2)21(16)23-22(26)18-13-20(25)24(14-18)19-11-9-15(3)10-12-19/h6-12,18H,4-5,13-14H2,1-3H3,(H,23,26)/t18-/m1/s1. The molecule has 1 heterocycles. The number of carbonyl (C=O) groups is 2. The minimum absolute atomic E-state index is 0.00787. The normalized spacial score (nSPS) is 16.8. The number of hydrogen-bond acceptors (Lipinski definition) is 2. The van der Waals surface area contributed by atoms with Crippen LogP contribution < -0.4 is 10.2 Å². The van der Waals surface area contributed by atoms with Gasteiger partial charge in [-0.05, 0) is 43.0 Å². The second-order valence-electron chi connectivity index (χ2n) is 6.89. The average molecular weight is 350 g/mol. The Kier molecular flexibility index (Phi) is 5.40. The lowest BCUT2D eigenvalue weighted by Crippen LogP contribution is -2.28. The monoisotopic (exact) mass is 350 g/mol. The molecule has 0 aliphatic carbocycles. The summed E-state index contributed by atoms with van der Waals surface area (Å²) in [5.74, 6) is -0.379. The predicted molar refractivity (Wildman–Crippen MR) is 105 cm³/mol. The van der Waals surface area contributed by atoms with Crippen LogP contribution in [0.25, 0.3) is 0 Å². The summed E-state index contributed by atoms with van der Waals surface area (Å²) in [6.45, 7) is 6.62. The maximum atomic E-state index is 12.8. The summed E-state index contributed by atoms with van der Waals surface area (Å²) in [5, 5.41) is 3.11. The molecule has 3 rings (SSSR count). The van der Waals surface area contributed by atoms with E-state index in [2.05, 4.69) is 19.2 Å². The third-order valence-corrected chi connectivity index (χ3v) is 5.09. The fourth-order valence-corrected chi connectivity index (χ4v) is 3.49. The summed E-state index contributed by atoms with van der Waals surface area (Å²) in [6.07, 6.45) is 1.99. The molecule has 1 saturated heterocycles. The number of benzene rings is 2. The predicted octanol–water partition coefficient (Wildman–Crippen LogP) is 4.11. The van der Waals surface area contributed by atoms with Crippen molar-refractivity contribution in [1.29, 1.82) is 0 Å². The molecule has 2 aromatic rings. The molecule has 0 aromatic heterocycles. The highest BCUT2D eigenvalue weighted by atomic mass is 16.2.